The zero-order chi connectivity index (χ0) is 14.1. The Labute approximate surface area is 115 Å². The summed E-state index contributed by atoms with van der Waals surface area (Å²) in [7, 11) is 0. The highest BCUT2D eigenvalue weighted by atomic mass is 16.6. The Morgan fingerprint density at radius 1 is 0.947 bits per heavy atom. The van der Waals surface area contributed by atoms with E-state index in [4.69, 9.17) is 9.47 Å². The van der Waals surface area contributed by atoms with Gasteiger partial charge < -0.3 is 9.47 Å². The number of esters is 2. The Bertz CT molecular complexity index is 314. The summed E-state index contributed by atoms with van der Waals surface area (Å²) in [6.45, 7) is 4.79. The highest BCUT2D eigenvalue weighted by molar-refractivity contribution is 6.14. The quantitative estimate of drug-likeness (QED) is 0.223. The molecule has 1 aliphatic carbocycles. The Morgan fingerprint density at radius 2 is 1.42 bits per heavy atom. The van der Waals surface area contributed by atoms with Crippen LogP contribution in [0.2, 0.25) is 0 Å². The molecule has 0 amide bonds. The van der Waals surface area contributed by atoms with Crippen molar-refractivity contribution in [1.29, 1.82) is 0 Å². The molecule has 4 heteroatoms. The molecule has 0 aromatic rings. The van der Waals surface area contributed by atoms with Gasteiger partial charge in [0.25, 0.3) is 0 Å². The fourth-order valence-electron chi connectivity index (χ4n) is 1.74. The lowest BCUT2D eigenvalue weighted by molar-refractivity contribution is -0.147. The summed E-state index contributed by atoms with van der Waals surface area (Å²) >= 11 is 0. The van der Waals surface area contributed by atoms with Gasteiger partial charge in [-0.15, -0.1) is 0 Å². The number of allylic oxidation sites excluding steroid dienone is 1. The van der Waals surface area contributed by atoms with Crippen molar-refractivity contribution in [2.75, 3.05) is 13.2 Å². The first-order valence-corrected chi connectivity index (χ1v) is 7.27. The van der Waals surface area contributed by atoms with Gasteiger partial charge in [-0.2, -0.15) is 0 Å². The normalized spacial score (nSPS) is 13.7. The smallest absolute Gasteiger partial charge is 0.345 e. The molecule has 0 heterocycles. The van der Waals surface area contributed by atoms with Crippen molar-refractivity contribution in [2.24, 2.45) is 0 Å². The molecule has 0 bridgehead atoms. The lowest BCUT2D eigenvalue weighted by Crippen LogP contribution is -2.23. The summed E-state index contributed by atoms with van der Waals surface area (Å²) in [6, 6.07) is 0. The van der Waals surface area contributed by atoms with Crippen molar-refractivity contribution in [2.45, 2.75) is 58.8 Å². The standard InChI is InChI=1S/C15H24O4/c1-3-5-10-18-14(16)13(12-8-7-9-12)15(17)19-11-6-4-2/h3-11H2,1-2H3. The van der Waals surface area contributed by atoms with Crippen LogP contribution in [0, 0.1) is 0 Å². The van der Waals surface area contributed by atoms with Crippen molar-refractivity contribution in [1.82, 2.24) is 0 Å². The first-order chi connectivity index (χ1) is 9.20. The molecule has 0 radical (unpaired) electrons. The fraction of sp³-hybridized carbons (Fsp3) is 0.733. The van der Waals surface area contributed by atoms with E-state index in [9.17, 15) is 9.59 Å². The summed E-state index contributed by atoms with van der Waals surface area (Å²) in [5, 5.41) is 0. The Morgan fingerprint density at radius 3 is 1.74 bits per heavy atom. The molecular weight excluding hydrogens is 244 g/mol. The second-order valence-corrected chi connectivity index (χ2v) is 4.81. The monoisotopic (exact) mass is 268 g/mol. The van der Waals surface area contributed by atoms with Gasteiger partial charge in [0.2, 0.25) is 0 Å². The zero-order valence-corrected chi connectivity index (χ0v) is 12.0. The van der Waals surface area contributed by atoms with Crippen molar-refractivity contribution in [3.63, 3.8) is 0 Å². The van der Waals surface area contributed by atoms with Crippen LogP contribution in [0.1, 0.15) is 58.8 Å². The van der Waals surface area contributed by atoms with Crippen LogP contribution in [0.5, 0.6) is 0 Å². The number of rotatable bonds is 8. The van der Waals surface area contributed by atoms with E-state index in [1.807, 2.05) is 13.8 Å². The average Bonchev–Trinajstić information content (AvgIpc) is 2.33. The third kappa shape index (κ3) is 5.05. The molecule has 1 saturated carbocycles. The molecular formula is C15H24O4. The minimum Gasteiger partial charge on any atom is -0.462 e. The lowest BCUT2D eigenvalue weighted by atomic mass is 9.88. The molecule has 0 aliphatic heterocycles. The fourth-order valence-corrected chi connectivity index (χ4v) is 1.74. The number of carbonyl (C=O) groups excluding carboxylic acids is 2. The number of unbranched alkanes of at least 4 members (excludes halogenated alkanes) is 2. The average molecular weight is 268 g/mol. The van der Waals surface area contributed by atoms with Crippen molar-refractivity contribution >= 4 is 11.9 Å². The van der Waals surface area contributed by atoms with Crippen molar-refractivity contribution in [3.05, 3.63) is 11.1 Å². The molecule has 0 aromatic heterocycles. The van der Waals surface area contributed by atoms with Gasteiger partial charge in [0.05, 0.1) is 13.2 Å². The molecule has 0 atom stereocenters. The van der Waals surface area contributed by atoms with Gasteiger partial charge in [0, 0.05) is 0 Å². The van der Waals surface area contributed by atoms with E-state index >= 15 is 0 Å². The summed E-state index contributed by atoms with van der Waals surface area (Å²) in [5.41, 5.74) is 1.04. The van der Waals surface area contributed by atoms with Crippen LogP contribution in [0.15, 0.2) is 11.1 Å². The molecule has 1 rings (SSSR count). The minimum absolute atomic E-state index is 0.151. The minimum atomic E-state index is -0.510. The topological polar surface area (TPSA) is 52.6 Å². The first kappa shape index (κ1) is 15.7. The molecule has 0 unspecified atom stereocenters. The van der Waals surface area contributed by atoms with E-state index in [1.165, 1.54) is 0 Å². The summed E-state index contributed by atoms with van der Waals surface area (Å²) < 4.78 is 10.3. The molecule has 108 valence electrons. The van der Waals surface area contributed by atoms with E-state index in [-0.39, 0.29) is 5.57 Å². The van der Waals surface area contributed by atoms with E-state index < -0.39 is 11.9 Å². The summed E-state index contributed by atoms with van der Waals surface area (Å²) in [6.07, 6.45) is 6.20. The van der Waals surface area contributed by atoms with Crippen LogP contribution in [0.4, 0.5) is 0 Å². The van der Waals surface area contributed by atoms with Gasteiger partial charge >= 0.3 is 11.9 Å². The van der Waals surface area contributed by atoms with E-state index in [0.717, 1.165) is 50.5 Å². The van der Waals surface area contributed by atoms with Crippen LogP contribution in [-0.4, -0.2) is 25.2 Å². The molecule has 19 heavy (non-hydrogen) atoms. The highest BCUT2D eigenvalue weighted by Gasteiger charge is 2.28. The highest BCUT2D eigenvalue weighted by Crippen LogP contribution is 2.30. The van der Waals surface area contributed by atoms with Crippen LogP contribution >= 0.6 is 0 Å². The van der Waals surface area contributed by atoms with Gasteiger partial charge in [-0.3, -0.25) is 0 Å². The van der Waals surface area contributed by atoms with Crippen molar-refractivity contribution < 1.29 is 19.1 Å². The largest absolute Gasteiger partial charge is 0.462 e. The van der Waals surface area contributed by atoms with Crippen LogP contribution < -0.4 is 0 Å². The van der Waals surface area contributed by atoms with Gasteiger partial charge in [-0.1, -0.05) is 26.7 Å². The van der Waals surface area contributed by atoms with Crippen LogP contribution in [-0.2, 0) is 19.1 Å². The van der Waals surface area contributed by atoms with E-state index in [1.54, 1.807) is 0 Å². The maximum absolute atomic E-state index is 11.9. The second-order valence-electron chi connectivity index (χ2n) is 4.81. The maximum atomic E-state index is 11.9. The summed E-state index contributed by atoms with van der Waals surface area (Å²) in [4.78, 5) is 23.9. The predicted molar refractivity (Wildman–Crippen MR) is 72.6 cm³/mol. The molecule has 1 aliphatic rings. The first-order valence-electron chi connectivity index (χ1n) is 7.27. The van der Waals surface area contributed by atoms with Crippen LogP contribution in [0.25, 0.3) is 0 Å². The van der Waals surface area contributed by atoms with Crippen molar-refractivity contribution in [3.8, 4) is 0 Å². The number of hydrogen-bond donors (Lipinski definition) is 0. The van der Waals surface area contributed by atoms with E-state index in [0.29, 0.717) is 13.2 Å². The number of carbonyl (C=O) groups is 2. The maximum Gasteiger partial charge on any atom is 0.345 e. The Hall–Kier alpha value is -1.32. The summed E-state index contributed by atoms with van der Waals surface area (Å²) in [5.74, 6) is -1.02. The third-order valence-corrected chi connectivity index (χ3v) is 3.18. The molecule has 4 nitrogen and oxygen atoms in total. The number of ether oxygens (including phenoxy) is 2. The molecule has 0 aromatic carbocycles. The number of hydrogen-bond acceptors (Lipinski definition) is 4. The van der Waals surface area contributed by atoms with E-state index in [2.05, 4.69) is 0 Å². The lowest BCUT2D eigenvalue weighted by Gasteiger charge is -2.20. The zero-order valence-electron chi connectivity index (χ0n) is 12.0. The molecule has 0 N–H and O–H groups in total. The van der Waals surface area contributed by atoms with Crippen LogP contribution in [0.3, 0.4) is 0 Å². The molecule has 1 fully saturated rings. The molecule has 0 spiro atoms. The molecule has 0 saturated heterocycles. The van der Waals surface area contributed by atoms with Gasteiger partial charge in [-0.05, 0) is 37.7 Å². The SMILES string of the molecule is CCCCOC(=O)C(C(=O)OCCCC)=C1CCC1. The van der Waals surface area contributed by atoms with Gasteiger partial charge in [0.15, 0.2) is 0 Å². The Kier molecular flexibility index (Phi) is 7.23. The Balaban J connectivity index is 2.57. The van der Waals surface area contributed by atoms with Gasteiger partial charge in [0.1, 0.15) is 5.57 Å². The van der Waals surface area contributed by atoms with Gasteiger partial charge in [-0.25, -0.2) is 9.59 Å². The second kappa shape index (κ2) is 8.73. The third-order valence-electron chi connectivity index (χ3n) is 3.18. The predicted octanol–water partition coefficient (Wildman–Crippen LogP) is 3.15.